The van der Waals surface area contributed by atoms with E-state index < -0.39 is 15.6 Å². The van der Waals surface area contributed by atoms with Crippen LogP contribution < -0.4 is 15.6 Å². The lowest BCUT2D eigenvalue weighted by Gasteiger charge is -2.11. The molecule has 0 saturated carbocycles. The summed E-state index contributed by atoms with van der Waals surface area (Å²) in [6.45, 7) is 0. The topological polar surface area (TPSA) is 140 Å². The highest BCUT2D eigenvalue weighted by Gasteiger charge is 2.24. The van der Waals surface area contributed by atoms with Gasteiger partial charge in [-0.2, -0.15) is 0 Å². The number of nitrogens with two attached hydrogens (primary N) is 1. The summed E-state index contributed by atoms with van der Waals surface area (Å²) in [5, 5.41) is 9.85. The molecule has 4 rings (SSSR count). The van der Waals surface area contributed by atoms with Crippen molar-refractivity contribution >= 4 is 66.0 Å². The Morgan fingerprint density at radius 1 is 1.18 bits per heavy atom. The van der Waals surface area contributed by atoms with Gasteiger partial charge in [0.2, 0.25) is 10.0 Å². The number of halogens is 3. The van der Waals surface area contributed by atoms with Crippen LogP contribution in [0.5, 0.6) is 0 Å². The predicted molar refractivity (Wildman–Crippen MR) is 130 cm³/mol. The van der Waals surface area contributed by atoms with Crippen LogP contribution in [0.3, 0.4) is 0 Å². The van der Waals surface area contributed by atoms with Crippen LogP contribution in [0, 0.1) is 0 Å². The molecule has 0 spiro atoms. The molecule has 0 radical (unpaired) electrons. The average molecular weight is 573 g/mol. The molecule has 4 aromatic rings. The molecule has 0 fully saturated rings. The maximum atomic E-state index is 13.0. The van der Waals surface area contributed by atoms with Gasteiger partial charge in [-0.25, -0.2) is 23.2 Å². The molecule has 0 bridgehead atoms. The second-order valence-electron chi connectivity index (χ2n) is 7.31. The van der Waals surface area contributed by atoms with E-state index in [9.17, 15) is 13.2 Å². The van der Waals surface area contributed by atoms with Crippen molar-refractivity contribution in [3.63, 3.8) is 0 Å². The lowest BCUT2D eigenvalue weighted by atomic mass is 10.2. The fourth-order valence-corrected chi connectivity index (χ4v) is 5.01. The fraction of sp³-hybridized carbons (Fsp3) is 0.158. The molecule has 0 aliphatic heterocycles. The number of anilines is 1. The first kappa shape index (κ1) is 23.6. The van der Waals surface area contributed by atoms with Crippen molar-refractivity contribution in [2.45, 2.75) is 11.3 Å². The number of aromatic nitrogens is 5. The van der Waals surface area contributed by atoms with Gasteiger partial charge in [-0.1, -0.05) is 23.2 Å². The molecule has 3 heterocycles. The smallest absolute Gasteiger partial charge is 0.264 e. The van der Waals surface area contributed by atoms with Crippen LogP contribution in [0.1, 0.15) is 11.4 Å². The molecule has 0 aliphatic carbocycles. The van der Waals surface area contributed by atoms with Crippen LogP contribution in [-0.4, -0.2) is 47.2 Å². The molecule has 172 valence electrons. The van der Waals surface area contributed by atoms with Crippen LogP contribution in [0.2, 0.25) is 10.0 Å². The number of aromatic amines is 1. The van der Waals surface area contributed by atoms with Crippen molar-refractivity contribution in [3.05, 3.63) is 66.9 Å². The Bertz CT molecular complexity index is 1540. The molecule has 3 N–H and O–H groups in total. The lowest BCUT2D eigenvalue weighted by Crippen LogP contribution is -2.16. The van der Waals surface area contributed by atoms with Gasteiger partial charge in [-0.15, -0.1) is 5.10 Å². The van der Waals surface area contributed by atoms with Crippen molar-refractivity contribution in [2.24, 2.45) is 5.14 Å². The van der Waals surface area contributed by atoms with Crippen molar-refractivity contribution in [2.75, 3.05) is 19.0 Å². The maximum absolute atomic E-state index is 13.0. The van der Waals surface area contributed by atoms with Crippen LogP contribution in [0.4, 0.5) is 5.82 Å². The van der Waals surface area contributed by atoms with Crippen molar-refractivity contribution in [3.8, 4) is 5.69 Å². The summed E-state index contributed by atoms with van der Waals surface area (Å²) in [7, 11) is -0.592. The van der Waals surface area contributed by atoms with E-state index in [1.54, 1.807) is 31.4 Å². The lowest BCUT2D eigenvalue weighted by molar-refractivity contribution is 0.598. The number of H-pyrrole nitrogens is 1. The SMILES string of the molecule is CN(C)c1nn(-c2c(Cl)cc(S(N)(=O)=O)cc2Cl)c2nc(Cc3cncc(Br)c3)[nH]c(=O)c12. The molecule has 3 aromatic heterocycles. The van der Waals surface area contributed by atoms with Crippen molar-refractivity contribution in [1.82, 2.24) is 24.7 Å². The summed E-state index contributed by atoms with van der Waals surface area (Å²) in [5.74, 6) is 0.698. The van der Waals surface area contributed by atoms with Crippen LogP contribution in [0.25, 0.3) is 16.7 Å². The third kappa shape index (κ3) is 4.62. The summed E-state index contributed by atoms with van der Waals surface area (Å²) >= 11 is 16.1. The van der Waals surface area contributed by atoms with E-state index in [4.69, 9.17) is 28.3 Å². The molecular formula is C19H16BrCl2N7O3S. The molecule has 14 heteroatoms. The van der Waals surface area contributed by atoms with Gasteiger partial charge in [0.1, 0.15) is 16.9 Å². The number of nitrogens with zero attached hydrogens (tertiary/aromatic N) is 5. The summed E-state index contributed by atoms with van der Waals surface area (Å²) in [4.78, 5) is 25.9. The molecule has 33 heavy (non-hydrogen) atoms. The van der Waals surface area contributed by atoms with Gasteiger partial charge in [0.05, 0.1) is 14.9 Å². The quantitative estimate of drug-likeness (QED) is 0.374. The summed E-state index contributed by atoms with van der Waals surface area (Å²) in [6, 6.07) is 4.20. The molecule has 0 unspecified atom stereocenters. The van der Waals surface area contributed by atoms with Gasteiger partial charge in [-0.05, 0) is 39.7 Å². The van der Waals surface area contributed by atoms with E-state index in [1.165, 1.54) is 16.8 Å². The van der Waals surface area contributed by atoms with E-state index in [2.05, 4.69) is 36.0 Å². The highest BCUT2D eigenvalue weighted by molar-refractivity contribution is 9.10. The zero-order valence-corrected chi connectivity index (χ0v) is 21.1. The minimum atomic E-state index is -4.04. The number of benzene rings is 1. The first-order chi connectivity index (χ1) is 15.5. The number of sulfonamides is 1. The van der Waals surface area contributed by atoms with E-state index >= 15 is 0 Å². The van der Waals surface area contributed by atoms with Crippen LogP contribution in [-0.2, 0) is 16.4 Å². The Hall–Kier alpha value is -2.51. The molecule has 1 aromatic carbocycles. The summed E-state index contributed by atoms with van der Waals surface area (Å²) < 4.78 is 25.6. The number of pyridine rings is 1. The minimum absolute atomic E-state index is 0.0268. The number of nitrogens with one attached hydrogen (secondary N) is 1. The molecule has 0 aliphatic rings. The number of hydrogen-bond donors (Lipinski definition) is 2. The molecular weight excluding hydrogens is 557 g/mol. The van der Waals surface area contributed by atoms with E-state index in [1.807, 2.05) is 6.07 Å². The Kier molecular flexibility index (Phi) is 6.22. The number of primary sulfonamides is 1. The molecule has 0 amide bonds. The molecule has 0 atom stereocenters. The van der Waals surface area contributed by atoms with Gasteiger partial charge in [-0.3, -0.25) is 9.78 Å². The zero-order valence-electron chi connectivity index (χ0n) is 17.2. The molecule has 0 saturated heterocycles. The van der Waals surface area contributed by atoms with Crippen molar-refractivity contribution < 1.29 is 8.42 Å². The second kappa shape index (κ2) is 8.69. The van der Waals surface area contributed by atoms with E-state index in [0.29, 0.717) is 18.1 Å². The van der Waals surface area contributed by atoms with Gasteiger partial charge < -0.3 is 9.88 Å². The Balaban J connectivity index is 1.97. The summed E-state index contributed by atoms with van der Waals surface area (Å²) in [6.07, 6.45) is 3.61. The standard InChI is InChI=1S/C19H16BrCl2N7O3S/c1-28(2)18-15-17(25-14(26-19(15)30)4-9-3-10(20)8-24-7-9)29(27-18)16-12(21)5-11(6-13(16)22)33(23,31)32/h3,5-8H,4H2,1-2H3,(H2,23,31,32)(H,25,26,30). The third-order valence-electron chi connectivity index (χ3n) is 4.66. The largest absolute Gasteiger partial charge is 0.361 e. The molecule has 10 nitrogen and oxygen atoms in total. The Labute approximate surface area is 206 Å². The highest BCUT2D eigenvalue weighted by Crippen LogP contribution is 2.34. The number of hydrogen-bond acceptors (Lipinski definition) is 7. The first-order valence-electron chi connectivity index (χ1n) is 9.26. The van der Waals surface area contributed by atoms with E-state index in [-0.39, 0.29) is 31.7 Å². The zero-order chi connectivity index (χ0) is 24.1. The number of fused-ring (bicyclic) bond motifs is 1. The normalized spacial score (nSPS) is 11.8. The minimum Gasteiger partial charge on any atom is -0.361 e. The van der Waals surface area contributed by atoms with Gasteiger partial charge in [0.25, 0.3) is 5.56 Å². The monoisotopic (exact) mass is 571 g/mol. The fourth-order valence-electron chi connectivity index (χ4n) is 3.26. The second-order valence-corrected chi connectivity index (χ2v) is 10.6. The average Bonchev–Trinajstić information content (AvgIpc) is 3.07. The van der Waals surface area contributed by atoms with Gasteiger partial charge in [0.15, 0.2) is 11.5 Å². The number of rotatable bonds is 5. The first-order valence-corrected chi connectivity index (χ1v) is 12.4. The van der Waals surface area contributed by atoms with Gasteiger partial charge >= 0.3 is 0 Å². The predicted octanol–water partition coefficient (Wildman–Crippen LogP) is 2.88. The van der Waals surface area contributed by atoms with Crippen LogP contribution in [0.15, 0.2) is 44.8 Å². The van der Waals surface area contributed by atoms with Crippen LogP contribution >= 0.6 is 39.1 Å². The highest BCUT2D eigenvalue weighted by atomic mass is 79.9. The Morgan fingerprint density at radius 2 is 1.85 bits per heavy atom. The van der Waals surface area contributed by atoms with E-state index in [0.717, 1.165) is 10.0 Å². The maximum Gasteiger partial charge on any atom is 0.264 e. The summed E-state index contributed by atoms with van der Waals surface area (Å²) in [5.41, 5.74) is 0.783. The van der Waals surface area contributed by atoms with Gasteiger partial charge in [0, 0.05) is 37.4 Å². The van der Waals surface area contributed by atoms with Crippen molar-refractivity contribution in [1.29, 1.82) is 0 Å². The third-order valence-corrected chi connectivity index (χ3v) is 6.56. The Morgan fingerprint density at radius 3 is 2.42 bits per heavy atom.